The highest BCUT2D eigenvalue weighted by Crippen LogP contribution is 2.29. The number of furan rings is 1. The fourth-order valence-electron chi connectivity index (χ4n) is 3.44. The van der Waals surface area contributed by atoms with Gasteiger partial charge in [-0.3, -0.25) is 4.79 Å². The van der Waals surface area contributed by atoms with Crippen LogP contribution in [0.1, 0.15) is 32.7 Å². The highest BCUT2D eigenvalue weighted by molar-refractivity contribution is 5.94. The number of carbonyl (C=O) groups excluding carboxylic acids is 1. The van der Waals surface area contributed by atoms with Crippen LogP contribution in [0, 0.1) is 13.8 Å². The van der Waals surface area contributed by atoms with Crippen molar-refractivity contribution in [2.45, 2.75) is 26.6 Å². The van der Waals surface area contributed by atoms with Gasteiger partial charge in [-0.05, 0) is 55.3 Å². The predicted molar refractivity (Wildman–Crippen MR) is 113 cm³/mol. The number of aryl methyl sites for hydroxylation is 2. The summed E-state index contributed by atoms with van der Waals surface area (Å²) in [4.78, 5) is 13.0. The van der Waals surface area contributed by atoms with E-state index in [1.807, 2.05) is 32.0 Å². The minimum absolute atomic E-state index is 0.0586. The second kappa shape index (κ2) is 8.37. The SMILES string of the molecule is Cc1ccc(-n2nc(-c3ccco3)cc2C(=O)NCc2cccc(C(F)(F)F)c2)c(C)c1. The number of benzene rings is 2. The Bertz CT molecular complexity index is 1260. The van der Waals surface area contributed by atoms with Crippen molar-refractivity contribution >= 4 is 5.91 Å². The Morgan fingerprint density at radius 1 is 1.06 bits per heavy atom. The first-order valence-electron chi connectivity index (χ1n) is 9.88. The minimum atomic E-state index is -4.44. The van der Waals surface area contributed by atoms with Crippen LogP contribution in [0.5, 0.6) is 0 Å². The third-order valence-corrected chi connectivity index (χ3v) is 5.00. The van der Waals surface area contributed by atoms with E-state index in [0.717, 1.165) is 28.9 Å². The Kier molecular flexibility index (Phi) is 5.61. The van der Waals surface area contributed by atoms with E-state index in [1.165, 1.54) is 23.1 Å². The summed E-state index contributed by atoms with van der Waals surface area (Å²) in [5.41, 5.74) is 3.01. The molecule has 2 aromatic carbocycles. The molecule has 0 bridgehead atoms. The molecule has 1 amide bonds. The van der Waals surface area contributed by atoms with E-state index < -0.39 is 17.6 Å². The molecule has 0 saturated heterocycles. The van der Waals surface area contributed by atoms with Gasteiger partial charge in [0.05, 0.1) is 17.5 Å². The minimum Gasteiger partial charge on any atom is -0.463 e. The number of halogens is 3. The Balaban J connectivity index is 1.65. The maximum atomic E-state index is 13.0. The first kappa shape index (κ1) is 21.4. The first-order chi connectivity index (χ1) is 15.2. The number of alkyl halides is 3. The molecule has 0 saturated carbocycles. The van der Waals surface area contributed by atoms with Crippen molar-refractivity contribution < 1.29 is 22.4 Å². The van der Waals surface area contributed by atoms with Crippen LogP contribution in [0.4, 0.5) is 13.2 Å². The van der Waals surface area contributed by atoms with E-state index in [1.54, 1.807) is 18.2 Å². The summed E-state index contributed by atoms with van der Waals surface area (Å²) in [6, 6.07) is 15.7. The van der Waals surface area contributed by atoms with Crippen LogP contribution in [0.15, 0.2) is 71.3 Å². The van der Waals surface area contributed by atoms with Crippen LogP contribution in [-0.2, 0) is 12.7 Å². The average Bonchev–Trinajstić information content (AvgIpc) is 3.42. The molecule has 4 rings (SSSR count). The molecule has 0 fully saturated rings. The molecule has 1 N–H and O–H groups in total. The molecular weight excluding hydrogens is 419 g/mol. The van der Waals surface area contributed by atoms with E-state index in [9.17, 15) is 18.0 Å². The zero-order chi connectivity index (χ0) is 22.9. The fraction of sp³-hybridized carbons (Fsp3) is 0.167. The summed E-state index contributed by atoms with van der Waals surface area (Å²) in [6.45, 7) is 3.83. The van der Waals surface area contributed by atoms with Crippen molar-refractivity contribution in [2.75, 3.05) is 0 Å². The number of carbonyl (C=O) groups is 1. The van der Waals surface area contributed by atoms with Crippen LogP contribution < -0.4 is 5.32 Å². The summed E-state index contributed by atoms with van der Waals surface area (Å²) in [5.74, 6) is 0.0353. The van der Waals surface area contributed by atoms with Gasteiger partial charge in [0.15, 0.2) is 5.76 Å². The lowest BCUT2D eigenvalue weighted by atomic mass is 10.1. The number of amides is 1. The van der Waals surface area contributed by atoms with E-state index in [0.29, 0.717) is 17.0 Å². The number of rotatable bonds is 5. The highest BCUT2D eigenvalue weighted by Gasteiger charge is 2.30. The Morgan fingerprint density at radius 2 is 1.88 bits per heavy atom. The predicted octanol–water partition coefficient (Wildman–Crippen LogP) is 5.70. The molecule has 0 unspecified atom stereocenters. The van der Waals surface area contributed by atoms with Gasteiger partial charge >= 0.3 is 6.18 Å². The van der Waals surface area contributed by atoms with Crippen molar-refractivity contribution in [1.82, 2.24) is 15.1 Å². The molecule has 2 aromatic heterocycles. The summed E-state index contributed by atoms with van der Waals surface area (Å²) in [7, 11) is 0. The van der Waals surface area contributed by atoms with Gasteiger partial charge in [0, 0.05) is 12.6 Å². The Labute approximate surface area is 182 Å². The van der Waals surface area contributed by atoms with E-state index >= 15 is 0 Å². The smallest absolute Gasteiger partial charge is 0.416 e. The van der Waals surface area contributed by atoms with Gasteiger partial charge in [0.2, 0.25) is 0 Å². The number of hydrogen-bond donors (Lipinski definition) is 1. The van der Waals surface area contributed by atoms with Crippen LogP contribution in [0.25, 0.3) is 17.1 Å². The molecule has 2 heterocycles. The maximum absolute atomic E-state index is 13.0. The van der Waals surface area contributed by atoms with E-state index in [4.69, 9.17) is 4.42 Å². The van der Waals surface area contributed by atoms with Gasteiger partial charge in [0.1, 0.15) is 11.4 Å². The molecule has 0 spiro atoms. The van der Waals surface area contributed by atoms with E-state index in [-0.39, 0.29) is 12.2 Å². The van der Waals surface area contributed by atoms with Gasteiger partial charge in [-0.25, -0.2) is 4.68 Å². The van der Waals surface area contributed by atoms with Gasteiger partial charge in [-0.15, -0.1) is 0 Å². The molecular formula is C24H20F3N3O2. The molecule has 164 valence electrons. The van der Waals surface area contributed by atoms with Gasteiger partial charge in [-0.2, -0.15) is 18.3 Å². The first-order valence-corrected chi connectivity index (χ1v) is 9.88. The third-order valence-electron chi connectivity index (χ3n) is 5.00. The maximum Gasteiger partial charge on any atom is 0.416 e. The lowest BCUT2D eigenvalue weighted by molar-refractivity contribution is -0.137. The van der Waals surface area contributed by atoms with Gasteiger partial charge in [0.25, 0.3) is 5.91 Å². The van der Waals surface area contributed by atoms with Crippen molar-refractivity contribution in [1.29, 1.82) is 0 Å². The van der Waals surface area contributed by atoms with Crippen molar-refractivity contribution in [2.24, 2.45) is 0 Å². The second-order valence-corrected chi connectivity index (χ2v) is 7.47. The summed E-state index contributed by atoms with van der Waals surface area (Å²) < 4.78 is 45.8. The standard InChI is InChI=1S/C24H20F3N3O2/c1-15-8-9-20(16(2)11-15)30-21(13-19(29-30)22-7-4-10-32-22)23(31)28-14-17-5-3-6-18(12-17)24(25,26)27/h3-13H,14H2,1-2H3,(H,28,31). The Hall–Kier alpha value is -3.81. The second-order valence-electron chi connectivity index (χ2n) is 7.47. The quantitative estimate of drug-likeness (QED) is 0.434. The fourth-order valence-corrected chi connectivity index (χ4v) is 3.44. The van der Waals surface area contributed by atoms with Crippen molar-refractivity contribution in [3.63, 3.8) is 0 Å². The summed E-state index contributed by atoms with van der Waals surface area (Å²) >= 11 is 0. The molecule has 8 heteroatoms. The molecule has 0 radical (unpaired) electrons. The normalized spacial score (nSPS) is 11.5. The highest BCUT2D eigenvalue weighted by atomic mass is 19.4. The monoisotopic (exact) mass is 439 g/mol. The molecule has 5 nitrogen and oxygen atoms in total. The molecule has 0 aliphatic carbocycles. The van der Waals surface area contributed by atoms with Crippen LogP contribution >= 0.6 is 0 Å². The lowest BCUT2D eigenvalue weighted by Crippen LogP contribution is -2.25. The largest absolute Gasteiger partial charge is 0.463 e. The van der Waals surface area contributed by atoms with Gasteiger partial charge in [-0.1, -0.05) is 29.8 Å². The summed E-state index contributed by atoms with van der Waals surface area (Å²) in [5, 5.41) is 7.25. The third kappa shape index (κ3) is 4.44. The number of aromatic nitrogens is 2. The molecule has 0 aliphatic rings. The van der Waals surface area contributed by atoms with E-state index in [2.05, 4.69) is 10.4 Å². The molecule has 0 atom stereocenters. The molecule has 32 heavy (non-hydrogen) atoms. The number of nitrogens with one attached hydrogen (secondary N) is 1. The van der Waals surface area contributed by atoms with Crippen LogP contribution in [-0.4, -0.2) is 15.7 Å². The molecule has 4 aromatic rings. The lowest BCUT2D eigenvalue weighted by Gasteiger charge is -2.12. The van der Waals surface area contributed by atoms with Crippen molar-refractivity contribution in [3.05, 3.63) is 94.9 Å². The molecule has 0 aliphatic heterocycles. The Morgan fingerprint density at radius 3 is 2.56 bits per heavy atom. The van der Waals surface area contributed by atoms with Crippen LogP contribution in [0.2, 0.25) is 0 Å². The zero-order valence-corrected chi connectivity index (χ0v) is 17.4. The van der Waals surface area contributed by atoms with Gasteiger partial charge < -0.3 is 9.73 Å². The number of nitrogens with zero attached hydrogens (tertiary/aromatic N) is 2. The average molecular weight is 439 g/mol. The zero-order valence-electron chi connectivity index (χ0n) is 17.4. The summed E-state index contributed by atoms with van der Waals surface area (Å²) in [6.07, 6.45) is -2.93. The van der Waals surface area contributed by atoms with Crippen LogP contribution in [0.3, 0.4) is 0 Å². The number of hydrogen-bond acceptors (Lipinski definition) is 3. The topological polar surface area (TPSA) is 60.1 Å². The van der Waals surface area contributed by atoms with Crippen molar-refractivity contribution in [3.8, 4) is 17.1 Å².